The third-order valence-electron chi connectivity index (χ3n) is 3.30. The highest BCUT2D eigenvalue weighted by atomic mass is 32.2. The fourth-order valence-corrected chi connectivity index (χ4v) is 3.94. The van der Waals surface area contributed by atoms with Gasteiger partial charge in [-0.05, 0) is 12.8 Å². The first-order valence-corrected chi connectivity index (χ1v) is 8.08. The normalized spacial score (nSPS) is 21.8. The lowest BCUT2D eigenvalue weighted by Crippen LogP contribution is -2.54. The molecule has 0 aromatic carbocycles. The maximum Gasteiger partial charge on any atom is 0.214 e. The van der Waals surface area contributed by atoms with Crippen LogP contribution in [0.2, 0.25) is 0 Å². The minimum Gasteiger partial charge on any atom is -0.409 e. The van der Waals surface area contributed by atoms with Gasteiger partial charge in [-0.2, -0.15) is 4.31 Å². The van der Waals surface area contributed by atoms with Crippen LogP contribution in [0.1, 0.15) is 20.8 Å². The molecule has 0 aromatic rings. The van der Waals surface area contributed by atoms with E-state index in [0.717, 1.165) is 0 Å². The van der Waals surface area contributed by atoms with E-state index in [4.69, 9.17) is 10.9 Å². The van der Waals surface area contributed by atoms with Crippen LogP contribution >= 0.6 is 0 Å². The highest BCUT2D eigenvalue weighted by Crippen LogP contribution is 2.13. The summed E-state index contributed by atoms with van der Waals surface area (Å²) in [5, 5.41) is 11.6. The molecule has 0 aliphatic carbocycles. The molecule has 8 heteroatoms. The number of piperazine rings is 1. The molecule has 1 saturated heterocycles. The largest absolute Gasteiger partial charge is 0.409 e. The van der Waals surface area contributed by atoms with Crippen molar-refractivity contribution in [2.24, 2.45) is 16.8 Å². The summed E-state index contributed by atoms with van der Waals surface area (Å²) in [4.78, 5) is 2.01. The molecule has 1 aliphatic heterocycles. The first kappa shape index (κ1) is 16.2. The summed E-state index contributed by atoms with van der Waals surface area (Å²) in [5.41, 5.74) is 5.56. The molecule has 0 aromatic heterocycles. The second-order valence-corrected chi connectivity index (χ2v) is 7.32. The molecular weight excluding hydrogens is 268 g/mol. The van der Waals surface area contributed by atoms with Crippen LogP contribution in [0.15, 0.2) is 5.16 Å². The van der Waals surface area contributed by atoms with Gasteiger partial charge in [-0.15, -0.1) is 0 Å². The van der Waals surface area contributed by atoms with Gasteiger partial charge in [0.1, 0.15) is 0 Å². The van der Waals surface area contributed by atoms with Crippen molar-refractivity contribution < 1.29 is 13.6 Å². The van der Waals surface area contributed by atoms with Gasteiger partial charge in [0.15, 0.2) is 5.84 Å². The summed E-state index contributed by atoms with van der Waals surface area (Å²) < 4.78 is 25.7. The average molecular weight is 292 g/mol. The second-order valence-electron chi connectivity index (χ2n) is 5.31. The van der Waals surface area contributed by atoms with Crippen molar-refractivity contribution in [1.29, 1.82) is 0 Å². The van der Waals surface area contributed by atoms with Crippen molar-refractivity contribution in [3.8, 4) is 0 Å². The predicted molar refractivity (Wildman–Crippen MR) is 74.6 cm³/mol. The topological polar surface area (TPSA) is 99.2 Å². The van der Waals surface area contributed by atoms with Gasteiger partial charge in [0.25, 0.3) is 0 Å². The van der Waals surface area contributed by atoms with Crippen molar-refractivity contribution in [1.82, 2.24) is 9.21 Å². The maximum absolute atomic E-state index is 12.1. The monoisotopic (exact) mass is 292 g/mol. The molecule has 112 valence electrons. The molecule has 0 spiro atoms. The summed E-state index contributed by atoms with van der Waals surface area (Å²) >= 11 is 0. The van der Waals surface area contributed by atoms with E-state index in [1.54, 1.807) is 0 Å². The molecular formula is C11H24N4O3S. The molecule has 0 radical (unpaired) electrons. The molecule has 1 unspecified atom stereocenters. The van der Waals surface area contributed by atoms with E-state index in [-0.39, 0.29) is 23.5 Å². The first-order chi connectivity index (χ1) is 8.77. The van der Waals surface area contributed by atoms with Crippen LogP contribution in [-0.4, -0.2) is 66.6 Å². The Kier molecular flexibility index (Phi) is 5.57. The third kappa shape index (κ3) is 4.32. The lowest BCUT2D eigenvalue weighted by atomic mass is 10.2. The van der Waals surface area contributed by atoms with Crippen molar-refractivity contribution in [3.05, 3.63) is 0 Å². The Hall–Kier alpha value is -0.860. The van der Waals surface area contributed by atoms with Gasteiger partial charge in [0.2, 0.25) is 10.0 Å². The first-order valence-electron chi connectivity index (χ1n) is 6.47. The number of hydrogen-bond donors (Lipinski definition) is 2. The van der Waals surface area contributed by atoms with E-state index in [1.807, 2.05) is 25.7 Å². The maximum atomic E-state index is 12.1. The van der Waals surface area contributed by atoms with Crippen molar-refractivity contribution in [2.75, 3.05) is 31.9 Å². The Labute approximate surface area is 115 Å². The summed E-state index contributed by atoms with van der Waals surface area (Å²) in [6.07, 6.45) is 0. The smallest absolute Gasteiger partial charge is 0.214 e. The number of amidine groups is 1. The Bertz CT molecular complexity index is 414. The summed E-state index contributed by atoms with van der Waals surface area (Å²) in [7, 11) is -3.16. The Morgan fingerprint density at radius 1 is 1.26 bits per heavy atom. The minimum atomic E-state index is -3.16. The molecule has 1 atom stereocenters. The molecule has 0 bridgehead atoms. The standard InChI is InChI=1S/C11H24N4O3S/c1-9(2)8-19(17,18)15-6-4-14(5-7-15)10(3)11(12)13-16/h9-10,16H,4-8H2,1-3H3,(H2,12,13). The van der Waals surface area contributed by atoms with Gasteiger partial charge in [-0.3, -0.25) is 4.90 Å². The molecule has 1 aliphatic rings. The molecule has 0 saturated carbocycles. The number of rotatable bonds is 5. The zero-order valence-corrected chi connectivity index (χ0v) is 12.6. The average Bonchev–Trinajstić information content (AvgIpc) is 2.35. The molecule has 7 nitrogen and oxygen atoms in total. The van der Waals surface area contributed by atoms with E-state index in [2.05, 4.69) is 5.16 Å². The zero-order chi connectivity index (χ0) is 14.6. The minimum absolute atomic E-state index is 0.124. The molecule has 0 amide bonds. The molecule has 1 fully saturated rings. The van der Waals surface area contributed by atoms with Gasteiger partial charge in [-0.1, -0.05) is 19.0 Å². The second kappa shape index (κ2) is 6.53. The van der Waals surface area contributed by atoms with Crippen LogP contribution in [0.3, 0.4) is 0 Å². The van der Waals surface area contributed by atoms with E-state index in [1.165, 1.54) is 4.31 Å². The number of oxime groups is 1. The lowest BCUT2D eigenvalue weighted by molar-refractivity contribution is 0.170. The SMILES string of the molecule is CC(C)CS(=O)(=O)N1CCN(C(C)C(N)=NO)CC1. The molecule has 19 heavy (non-hydrogen) atoms. The van der Waals surface area contributed by atoms with Gasteiger partial charge < -0.3 is 10.9 Å². The quantitative estimate of drug-likeness (QED) is 0.314. The third-order valence-corrected chi connectivity index (χ3v) is 5.54. The fraction of sp³-hybridized carbons (Fsp3) is 0.909. The van der Waals surface area contributed by atoms with E-state index in [9.17, 15) is 8.42 Å². The zero-order valence-electron chi connectivity index (χ0n) is 11.8. The fourth-order valence-electron chi connectivity index (χ4n) is 2.17. The van der Waals surface area contributed by atoms with E-state index >= 15 is 0 Å². The van der Waals surface area contributed by atoms with Gasteiger partial charge >= 0.3 is 0 Å². The number of sulfonamides is 1. The van der Waals surface area contributed by atoms with Crippen molar-refractivity contribution >= 4 is 15.9 Å². The molecule has 3 N–H and O–H groups in total. The summed E-state index contributed by atoms with van der Waals surface area (Å²) in [6.45, 7) is 7.73. The van der Waals surface area contributed by atoms with Crippen LogP contribution in [0.25, 0.3) is 0 Å². The summed E-state index contributed by atoms with van der Waals surface area (Å²) in [5.74, 6) is 0.459. The van der Waals surface area contributed by atoms with Crippen LogP contribution in [0, 0.1) is 5.92 Å². The van der Waals surface area contributed by atoms with E-state index in [0.29, 0.717) is 26.2 Å². The number of nitrogens with two attached hydrogens (primary N) is 1. The Balaban J connectivity index is 2.58. The summed E-state index contributed by atoms with van der Waals surface area (Å²) in [6, 6.07) is -0.181. The molecule has 1 rings (SSSR count). The van der Waals surface area contributed by atoms with Gasteiger partial charge in [0, 0.05) is 26.2 Å². The van der Waals surface area contributed by atoms with E-state index < -0.39 is 10.0 Å². The van der Waals surface area contributed by atoms with Crippen LogP contribution < -0.4 is 5.73 Å². The van der Waals surface area contributed by atoms with Crippen LogP contribution in [0.5, 0.6) is 0 Å². The van der Waals surface area contributed by atoms with Crippen LogP contribution in [0.4, 0.5) is 0 Å². The number of hydrogen-bond acceptors (Lipinski definition) is 5. The van der Waals surface area contributed by atoms with Crippen molar-refractivity contribution in [3.63, 3.8) is 0 Å². The highest BCUT2D eigenvalue weighted by molar-refractivity contribution is 7.89. The molecule has 1 heterocycles. The Morgan fingerprint density at radius 3 is 2.21 bits per heavy atom. The highest BCUT2D eigenvalue weighted by Gasteiger charge is 2.29. The van der Waals surface area contributed by atoms with Gasteiger partial charge in [0.05, 0.1) is 11.8 Å². The lowest BCUT2D eigenvalue weighted by Gasteiger charge is -2.37. The van der Waals surface area contributed by atoms with Crippen LogP contribution in [-0.2, 0) is 10.0 Å². The predicted octanol–water partition coefficient (Wildman–Crippen LogP) is -0.275. The van der Waals surface area contributed by atoms with Gasteiger partial charge in [-0.25, -0.2) is 8.42 Å². The van der Waals surface area contributed by atoms with Crippen molar-refractivity contribution in [2.45, 2.75) is 26.8 Å². The Morgan fingerprint density at radius 2 is 1.79 bits per heavy atom. The number of nitrogens with zero attached hydrogens (tertiary/aromatic N) is 3.